The van der Waals surface area contributed by atoms with Gasteiger partial charge in [0.25, 0.3) is 5.56 Å². The second-order valence-electron chi connectivity index (χ2n) is 7.92. The molecule has 1 amide bonds. The Bertz CT molecular complexity index is 1620. The highest BCUT2D eigenvalue weighted by atomic mass is 32.1. The summed E-state index contributed by atoms with van der Waals surface area (Å²) in [6.45, 7) is -1.27. The molecule has 196 valence electrons. The lowest BCUT2D eigenvalue weighted by Gasteiger charge is -2.11. The Hall–Kier alpha value is -4.01. The standard InChI is InChI=1S/C22H18F5N5O4S/c1-30-14-5-7-32(17(14)19(34)31(2)21(30)35)9-15(33)29-20-28-13(10-37-20)11-3-4-12(23)18(16(11)24)36-8-6-22(25,26)27/h3-5,7,10H,6,8-9H2,1-2H3,(H,28,29,33). The van der Waals surface area contributed by atoms with Crippen LogP contribution in [0, 0.1) is 11.6 Å². The first-order valence-electron chi connectivity index (χ1n) is 10.6. The van der Waals surface area contributed by atoms with Crippen molar-refractivity contribution in [2.75, 3.05) is 11.9 Å². The molecular formula is C22H18F5N5O4S. The van der Waals surface area contributed by atoms with Crippen molar-refractivity contribution in [2.24, 2.45) is 14.1 Å². The Morgan fingerprint density at radius 2 is 1.86 bits per heavy atom. The molecule has 0 bridgehead atoms. The largest absolute Gasteiger partial charge is 0.487 e. The van der Waals surface area contributed by atoms with Gasteiger partial charge in [0, 0.05) is 31.2 Å². The molecule has 3 aromatic heterocycles. The smallest absolute Gasteiger partial charge is 0.392 e. The van der Waals surface area contributed by atoms with Crippen molar-refractivity contribution in [3.8, 4) is 17.0 Å². The number of carbonyl (C=O) groups excluding carboxylic acids is 1. The molecular weight excluding hydrogens is 525 g/mol. The van der Waals surface area contributed by atoms with Crippen LogP contribution in [0.4, 0.5) is 27.1 Å². The molecule has 0 saturated heterocycles. The summed E-state index contributed by atoms with van der Waals surface area (Å²) in [4.78, 5) is 41.3. The van der Waals surface area contributed by atoms with Gasteiger partial charge in [-0.2, -0.15) is 13.2 Å². The predicted octanol–water partition coefficient (Wildman–Crippen LogP) is 3.41. The van der Waals surface area contributed by atoms with Gasteiger partial charge >= 0.3 is 11.9 Å². The molecule has 1 aromatic carbocycles. The summed E-state index contributed by atoms with van der Waals surface area (Å²) in [6.07, 6.45) is -4.46. The minimum atomic E-state index is -4.55. The van der Waals surface area contributed by atoms with Crippen molar-refractivity contribution in [1.29, 1.82) is 0 Å². The summed E-state index contributed by atoms with van der Waals surface area (Å²) in [5.41, 5.74) is -0.845. The van der Waals surface area contributed by atoms with Crippen molar-refractivity contribution in [3.05, 3.63) is 62.2 Å². The maximum atomic E-state index is 14.8. The fraction of sp³-hybridized carbons (Fsp3) is 0.273. The average molecular weight is 543 g/mol. The van der Waals surface area contributed by atoms with Gasteiger partial charge in [-0.25, -0.2) is 18.6 Å². The van der Waals surface area contributed by atoms with E-state index in [0.717, 1.165) is 28.0 Å². The van der Waals surface area contributed by atoms with E-state index < -0.39 is 53.7 Å². The number of alkyl halides is 3. The monoisotopic (exact) mass is 543 g/mol. The van der Waals surface area contributed by atoms with E-state index in [2.05, 4.69) is 15.0 Å². The van der Waals surface area contributed by atoms with Crippen LogP contribution >= 0.6 is 11.3 Å². The van der Waals surface area contributed by atoms with Crippen LogP contribution in [-0.2, 0) is 25.4 Å². The molecule has 0 fully saturated rings. The number of anilines is 1. The van der Waals surface area contributed by atoms with E-state index >= 15 is 0 Å². The Morgan fingerprint density at radius 1 is 1.14 bits per heavy atom. The lowest BCUT2D eigenvalue weighted by Crippen LogP contribution is -2.37. The Balaban J connectivity index is 1.52. The number of nitrogens with zero attached hydrogens (tertiary/aromatic N) is 4. The van der Waals surface area contributed by atoms with Gasteiger partial charge in [-0.3, -0.25) is 18.7 Å². The molecule has 3 heterocycles. The fourth-order valence-corrected chi connectivity index (χ4v) is 4.30. The zero-order valence-corrected chi connectivity index (χ0v) is 20.0. The van der Waals surface area contributed by atoms with E-state index in [4.69, 9.17) is 0 Å². The van der Waals surface area contributed by atoms with Crippen molar-refractivity contribution < 1.29 is 31.5 Å². The van der Waals surface area contributed by atoms with Gasteiger partial charge in [-0.15, -0.1) is 11.3 Å². The number of amides is 1. The highest BCUT2D eigenvalue weighted by molar-refractivity contribution is 7.14. The van der Waals surface area contributed by atoms with Crippen molar-refractivity contribution in [2.45, 2.75) is 19.1 Å². The number of nitrogens with one attached hydrogen (secondary N) is 1. The number of halogens is 5. The maximum Gasteiger partial charge on any atom is 0.392 e. The topological polar surface area (TPSA) is 100 Å². The fourth-order valence-electron chi connectivity index (χ4n) is 3.57. The molecule has 9 nitrogen and oxygen atoms in total. The van der Waals surface area contributed by atoms with Gasteiger partial charge in [-0.05, 0) is 18.2 Å². The van der Waals surface area contributed by atoms with Crippen LogP contribution in [-0.4, -0.2) is 37.4 Å². The summed E-state index contributed by atoms with van der Waals surface area (Å²) in [5.74, 6) is -3.94. The third-order valence-corrected chi connectivity index (χ3v) is 6.16. The number of fused-ring (bicyclic) bond motifs is 1. The lowest BCUT2D eigenvalue weighted by molar-refractivity contribution is -0.139. The number of carbonyl (C=O) groups is 1. The zero-order chi connectivity index (χ0) is 27.1. The van der Waals surface area contributed by atoms with Crippen LogP contribution in [0.25, 0.3) is 22.3 Å². The second kappa shape index (κ2) is 9.80. The van der Waals surface area contributed by atoms with E-state index in [1.54, 1.807) is 0 Å². The van der Waals surface area contributed by atoms with Crippen LogP contribution in [0.2, 0.25) is 0 Å². The molecule has 0 atom stereocenters. The summed E-state index contributed by atoms with van der Waals surface area (Å²) >= 11 is 0.925. The van der Waals surface area contributed by atoms with Crippen molar-refractivity contribution >= 4 is 33.4 Å². The second-order valence-corrected chi connectivity index (χ2v) is 8.78. The first-order valence-corrected chi connectivity index (χ1v) is 11.4. The molecule has 4 aromatic rings. The molecule has 0 aliphatic carbocycles. The number of rotatable bonds is 7. The minimum absolute atomic E-state index is 0.00578. The number of aryl methyl sites for hydroxylation is 1. The van der Waals surface area contributed by atoms with Gasteiger partial charge in [0.2, 0.25) is 5.91 Å². The summed E-state index contributed by atoms with van der Waals surface area (Å²) in [7, 11) is 2.81. The van der Waals surface area contributed by atoms with Crippen molar-refractivity contribution in [3.63, 3.8) is 0 Å². The highest BCUT2D eigenvalue weighted by Crippen LogP contribution is 2.33. The van der Waals surface area contributed by atoms with Crippen LogP contribution in [0.1, 0.15) is 6.42 Å². The Morgan fingerprint density at radius 3 is 2.57 bits per heavy atom. The molecule has 0 unspecified atom stereocenters. The van der Waals surface area contributed by atoms with Gasteiger partial charge in [0.15, 0.2) is 22.5 Å². The Labute approximate surface area is 208 Å². The molecule has 0 saturated carbocycles. The number of thiazole rings is 1. The van der Waals surface area contributed by atoms with E-state index in [-0.39, 0.29) is 28.5 Å². The molecule has 1 N–H and O–H groups in total. The van der Waals surface area contributed by atoms with Crippen LogP contribution in [0.5, 0.6) is 5.75 Å². The predicted molar refractivity (Wildman–Crippen MR) is 125 cm³/mol. The number of aromatic nitrogens is 4. The van der Waals surface area contributed by atoms with Crippen LogP contribution in [0.15, 0.2) is 39.4 Å². The lowest BCUT2D eigenvalue weighted by atomic mass is 10.1. The van der Waals surface area contributed by atoms with Crippen LogP contribution < -0.4 is 21.3 Å². The Kier molecular flexibility index (Phi) is 6.90. The van der Waals surface area contributed by atoms with Gasteiger partial charge in [-0.1, -0.05) is 0 Å². The first-order chi connectivity index (χ1) is 17.4. The van der Waals surface area contributed by atoms with Gasteiger partial charge in [0.05, 0.1) is 24.2 Å². The molecule has 15 heteroatoms. The first kappa shape index (κ1) is 26.1. The van der Waals surface area contributed by atoms with Gasteiger partial charge < -0.3 is 14.6 Å². The number of hydrogen-bond donors (Lipinski definition) is 1. The van der Waals surface area contributed by atoms with E-state index in [1.165, 1.54) is 40.9 Å². The zero-order valence-electron chi connectivity index (χ0n) is 19.2. The summed E-state index contributed by atoms with van der Waals surface area (Å²) < 4.78 is 74.0. The summed E-state index contributed by atoms with van der Waals surface area (Å²) in [5, 5.41) is 3.93. The van der Waals surface area contributed by atoms with Crippen molar-refractivity contribution in [1.82, 2.24) is 18.7 Å². The number of benzene rings is 1. The number of ether oxygens (including phenoxy) is 1. The van der Waals surface area contributed by atoms with Crippen LogP contribution in [0.3, 0.4) is 0 Å². The molecule has 0 aliphatic heterocycles. The molecule has 0 aliphatic rings. The normalized spacial score (nSPS) is 11.8. The quantitative estimate of drug-likeness (QED) is 0.360. The third-order valence-electron chi connectivity index (χ3n) is 5.41. The average Bonchev–Trinajstić information content (AvgIpc) is 3.45. The highest BCUT2D eigenvalue weighted by Gasteiger charge is 2.28. The molecule has 4 rings (SSSR count). The number of hydrogen-bond acceptors (Lipinski definition) is 6. The maximum absolute atomic E-state index is 14.8. The SMILES string of the molecule is Cn1c(=O)c2c(ccn2CC(=O)Nc2nc(-c3ccc(F)c(OCCC(F)(F)F)c3F)cs2)n(C)c1=O. The van der Waals surface area contributed by atoms with E-state index in [0.29, 0.717) is 5.52 Å². The van der Waals surface area contributed by atoms with E-state index in [9.17, 15) is 36.3 Å². The molecule has 0 radical (unpaired) electrons. The minimum Gasteiger partial charge on any atom is -0.487 e. The summed E-state index contributed by atoms with van der Waals surface area (Å²) in [6, 6.07) is 3.41. The molecule has 37 heavy (non-hydrogen) atoms. The van der Waals surface area contributed by atoms with E-state index in [1.807, 2.05) is 0 Å². The third kappa shape index (κ3) is 5.26. The molecule has 0 spiro atoms. The van der Waals surface area contributed by atoms with Gasteiger partial charge in [0.1, 0.15) is 12.1 Å².